The van der Waals surface area contributed by atoms with Crippen LogP contribution in [-0.4, -0.2) is 75.3 Å². The summed E-state index contributed by atoms with van der Waals surface area (Å²) in [6.07, 6.45) is 2.19. The number of carbonyl (C=O) groups is 3. The van der Waals surface area contributed by atoms with Crippen LogP contribution in [0.5, 0.6) is 11.5 Å². The van der Waals surface area contributed by atoms with Crippen molar-refractivity contribution < 1.29 is 23.9 Å². The molecular weight excluding hydrogens is 510 g/mol. The summed E-state index contributed by atoms with van der Waals surface area (Å²) >= 11 is 0. The van der Waals surface area contributed by atoms with Crippen LogP contribution >= 0.6 is 0 Å². The highest BCUT2D eigenvalue weighted by molar-refractivity contribution is 6.35. The first-order chi connectivity index (χ1) is 19.5. The van der Waals surface area contributed by atoms with Crippen LogP contribution < -0.4 is 25.1 Å². The molecule has 0 spiro atoms. The Morgan fingerprint density at radius 1 is 0.900 bits per heavy atom. The molecule has 0 unspecified atom stereocenters. The number of benzene rings is 3. The fourth-order valence-electron chi connectivity index (χ4n) is 4.24. The highest BCUT2D eigenvalue weighted by atomic mass is 16.5. The number of nitrogens with zero attached hydrogens (tertiary/aromatic N) is 3. The number of ether oxygens (including phenoxy) is 2. The van der Waals surface area contributed by atoms with Gasteiger partial charge < -0.3 is 24.6 Å². The van der Waals surface area contributed by atoms with E-state index in [1.807, 2.05) is 54.6 Å². The van der Waals surface area contributed by atoms with Gasteiger partial charge in [-0.15, -0.1) is 0 Å². The average molecular weight is 544 g/mol. The normalized spacial score (nSPS) is 13.1. The molecule has 0 aromatic heterocycles. The van der Waals surface area contributed by atoms with E-state index in [1.54, 1.807) is 31.4 Å². The lowest BCUT2D eigenvalue weighted by Crippen LogP contribution is -2.52. The maximum Gasteiger partial charge on any atom is 0.329 e. The van der Waals surface area contributed by atoms with Gasteiger partial charge in [0.1, 0.15) is 11.5 Å². The van der Waals surface area contributed by atoms with E-state index in [0.29, 0.717) is 44.0 Å². The second-order valence-corrected chi connectivity index (χ2v) is 9.09. The number of rotatable bonds is 10. The number of hydrogen-bond donors (Lipinski definition) is 2. The van der Waals surface area contributed by atoms with E-state index in [0.717, 1.165) is 23.4 Å². The Balaban J connectivity index is 1.15. The van der Waals surface area contributed by atoms with Crippen LogP contribution in [0.2, 0.25) is 0 Å². The van der Waals surface area contributed by atoms with Crippen molar-refractivity contribution in [3.05, 3.63) is 90.0 Å². The number of carbonyl (C=O) groups excluding carboxylic acids is 3. The van der Waals surface area contributed by atoms with Crippen LogP contribution in [0.25, 0.3) is 0 Å². The lowest BCUT2D eigenvalue weighted by atomic mass is 10.1. The minimum absolute atomic E-state index is 0.0897. The van der Waals surface area contributed by atoms with Gasteiger partial charge in [0.05, 0.1) is 19.0 Å². The van der Waals surface area contributed by atoms with Gasteiger partial charge in [-0.1, -0.05) is 42.5 Å². The Kier molecular flexibility index (Phi) is 10.1. The number of hydrazone groups is 1. The van der Waals surface area contributed by atoms with E-state index in [1.165, 1.54) is 11.1 Å². The smallest absolute Gasteiger partial charge is 0.329 e. The van der Waals surface area contributed by atoms with Crippen LogP contribution in [0.3, 0.4) is 0 Å². The Bertz CT molecular complexity index is 1310. The van der Waals surface area contributed by atoms with Gasteiger partial charge in [0, 0.05) is 32.7 Å². The molecule has 0 bridgehead atoms. The summed E-state index contributed by atoms with van der Waals surface area (Å²) in [7, 11) is 1.63. The first kappa shape index (κ1) is 28.2. The molecule has 0 radical (unpaired) electrons. The monoisotopic (exact) mass is 543 g/mol. The Hall–Kier alpha value is -4.86. The summed E-state index contributed by atoms with van der Waals surface area (Å²) in [6.45, 7) is 2.46. The average Bonchev–Trinajstić information content (AvgIpc) is 3.01. The molecule has 1 fully saturated rings. The number of anilines is 1. The van der Waals surface area contributed by atoms with Gasteiger partial charge in [-0.2, -0.15) is 5.10 Å². The van der Waals surface area contributed by atoms with Gasteiger partial charge in [-0.05, 0) is 53.9 Å². The summed E-state index contributed by atoms with van der Waals surface area (Å²) in [5, 5.41) is 6.74. The standard InChI is InChI=1S/C30H33N5O5/c1-39-27-10-6-5-9-26(27)34-17-19-35(20-18-34)30(38)29(37)33-32-21-24-11-13-25(14-12-24)40-22-28(36)31-16-15-23-7-3-2-4-8-23/h2-14,21H,15-20,22H2,1H3,(H,31,36)(H,33,37)/b32-21-. The first-order valence-corrected chi connectivity index (χ1v) is 13.1. The summed E-state index contributed by atoms with van der Waals surface area (Å²) in [5.41, 5.74) is 5.11. The van der Waals surface area contributed by atoms with Crippen LogP contribution in [0, 0.1) is 0 Å². The molecule has 3 aromatic rings. The van der Waals surface area contributed by atoms with E-state index in [2.05, 4.69) is 20.7 Å². The van der Waals surface area contributed by atoms with Crippen molar-refractivity contribution in [3.63, 3.8) is 0 Å². The maximum absolute atomic E-state index is 12.6. The maximum atomic E-state index is 12.6. The van der Waals surface area contributed by atoms with Gasteiger partial charge in [0.15, 0.2) is 6.61 Å². The van der Waals surface area contributed by atoms with Gasteiger partial charge in [0.2, 0.25) is 0 Å². The molecule has 3 aromatic carbocycles. The molecule has 208 valence electrons. The van der Waals surface area contributed by atoms with Crippen molar-refractivity contribution in [2.45, 2.75) is 6.42 Å². The van der Waals surface area contributed by atoms with Crippen molar-refractivity contribution in [2.75, 3.05) is 51.3 Å². The predicted molar refractivity (Wildman–Crippen MR) is 153 cm³/mol. The van der Waals surface area contributed by atoms with E-state index < -0.39 is 11.8 Å². The van der Waals surface area contributed by atoms with Crippen molar-refractivity contribution in [2.24, 2.45) is 5.10 Å². The largest absolute Gasteiger partial charge is 0.495 e. The topological polar surface area (TPSA) is 113 Å². The Labute approximate surface area is 233 Å². The second kappa shape index (κ2) is 14.3. The summed E-state index contributed by atoms with van der Waals surface area (Å²) in [5.74, 6) is -0.311. The van der Waals surface area contributed by atoms with E-state index in [9.17, 15) is 14.4 Å². The van der Waals surface area contributed by atoms with Crippen molar-refractivity contribution >= 4 is 29.6 Å². The molecule has 1 aliphatic rings. The number of nitrogens with one attached hydrogen (secondary N) is 2. The number of methoxy groups -OCH3 is 1. The molecule has 2 N–H and O–H groups in total. The van der Waals surface area contributed by atoms with Crippen LogP contribution in [0.4, 0.5) is 5.69 Å². The van der Waals surface area contributed by atoms with Crippen LogP contribution in [0.15, 0.2) is 84.0 Å². The van der Waals surface area contributed by atoms with Crippen LogP contribution in [-0.2, 0) is 20.8 Å². The molecule has 1 heterocycles. The highest BCUT2D eigenvalue weighted by Gasteiger charge is 2.26. The third-order valence-electron chi connectivity index (χ3n) is 6.40. The van der Waals surface area contributed by atoms with Crippen LogP contribution in [0.1, 0.15) is 11.1 Å². The van der Waals surface area contributed by atoms with Crippen molar-refractivity contribution in [3.8, 4) is 11.5 Å². The zero-order valence-electron chi connectivity index (χ0n) is 22.4. The molecule has 0 aliphatic carbocycles. The fourth-order valence-corrected chi connectivity index (χ4v) is 4.24. The van der Waals surface area contributed by atoms with Crippen molar-refractivity contribution in [1.82, 2.24) is 15.6 Å². The SMILES string of the molecule is COc1ccccc1N1CCN(C(=O)C(=O)N/N=C\c2ccc(OCC(=O)NCCc3ccccc3)cc2)CC1. The molecule has 3 amide bonds. The summed E-state index contributed by atoms with van der Waals surface area (Å²) < 4.78 is 10.9. The van der Waals surface area contributed by atoms with Gasteiger partial charge in [0.25, 0.3) is 5.91 Å². The zero-order chi connectivity index (χ0) is 28.2. The highest BCUT2D eigenvalue weighted by Crippen LogP contribution is 2.28. The molecule has 10 nitrogen and oxygen atoms in total. The molecule has 0 atom stereocenters. The predicted octanol–water partition coefficient (Wildman–Crippen LogP) is 2.23. The van der Waals surface area contributed by atoms with Gasteiger partial charge >= 0.3 is 11.8 Å². The second-order valence-electron chi connectivity index (χ2n) is 9.09. The minimum atomic E-state index is -0.791. The van der Waals surface area contributed by atoms with E-state index >= 15 is 0 Å². The van der Waals surface area contributed by atoms with E-state index in [-0.39, 0.29) is 12.5 Å². The summed E-state index contributed by atoms with van der Waals surface area (Å²) in [4.78, 5) is 40.6. The van der Waals surface area contributed by atoms with Gasteiger partial charge in [-0.3, -0.25) is 14.4 Å². The quantitative estimate of drug-likeness (QED) is 0.230. The number of piperazine rings is 1. The Morgan fingerprint density at radius 2 is 1.60 bits per heavy atom. The molecule has 1 aliphatic heterocycles. The molecule has 4 rings (SSSR count). The number of hydrogen-bond acceptors (Lipinski definition) is 7. The molecule has 1 saturated heterocycles. The molecule has 0 saturated carbocycles. The third kappa shape index (κ3) is 8.07. The fraction of sp³-hybridized carbons (Fsp3) is 0.267. The summed E-state index contributed by atoms with van der Waals surface area (Å²) in [6, 6.07) is 24.5. The van der Waals surface area contributed by atoms with Gasteiger partial charge in [-0.25, -0.2) is 5.43 Å². The molecular formula is C30H33N5O5. The Morgan fingerprint density at radius 3 is 2.33 bits per heavy atom. The zero-order valence-corrected chi connectivity index (χ0v) is 22.4. The number of amides is 3. The minimum Gasteiger partial charge on any atom is -0.495 e. The molecule has 10 heteroatoms. The van der Waals surface area contributed by atoms with Crippen molar-refractivity contribution in [1.29, 1.82) is 0 Å². The number of para-hydroxylation sites is 2. The lowest BCUT2D eigenvalue weighted by Gasteiger charge is -2.36. The third-order valence-corrected chi connectivity index (χ3v) is 6.40. The lowest BCUT2D eigenvalue weighted by molar-refractivity contribution is -0.146. The molecule has 40 heavy (non-hydrogen) atoms. The van der Waals surface area contributed by atoms with E-state index in [4.69, 9.17) is 9.47 Å². The first-order valence-electron chi connectivity index (χ1n) is 13.1.